The third kappa shape index (κ3) is 10.3. The van der Waals surface area contributed by atoms with Gasteiger partial charge < -0.3 is 10.2 Å². The highest BCUT2D eigenvalue weighted by Gasteiger charge is 2.15. The highest BCUT2D eigenvalue weighted by atomic mass is 15.1. The van der Waals surface area contributed by atoms with E-state index in [1.54, 1.807) is 0 Å². The second-order valence-corrected chi connectivity index (χ2v) is 7.00. The maximum Gasteiger partial charge on any atom is 0.0105 e. The molecule has 1 N–H and O–H groups in total. The van der Waals surface area contributed by atoms with Crippen molar-refractivity contribution in [3.05, 3.63) is 0 Å². The van der Waals surface area contributed by atoms with E-state index < -0.39 is 0 Å². The molecule has 0 spiro atoms. The number of hydrogen-bond donors (Lipinski definition) is 1. The molecule has 0 amide bonds. The second kappa shape index (κ2) is 13.6. The molecular weight excluding hydrogens is 256 g/mol. The van der Waals surface area contributed by atoms with Gasteiger partial charge >= 0.3 is 0 Å². The first-order valence-corrected chi connectivity index (χ1v) is 9.75. The molecule has 2 heteroatoms. The van der Waals surface area contributed by atoms with Crippen LogP contribution in [0.2, 0.25) is 0 Å². The topological polar surface area (TPSA) is 15.3 Å². The summed E-state index contributed by atoms with van der Waals surface area (Å²) < 4.78 is 0. The predicted molar refractivity (Wildman–Crippen MR) is 95.0 cm³/mol. The molecule has 0 aromatic rings. The van der Waals surface area contributed by atoms with Crippen LogP contribution in [0.4, 0.5) is 0 Å². The lowest BCUT2D eigenvalue weighted by Gasteiger charge is -2.26. The molecule has 1 heterocycles. The Bertz CT molecular complexity index is 210. The van der Waals surface area contributed by atoms with Crippen LogP contribution in [0.25, 0.3) is 0 Å². The fourth-order valence-electron chi connectivity index (χ4n) is 3.47. The summed E-state index contributed by atoms with van der Waals surface area (Å²) >= 11 is 0. The van der Waals surface area contributed by atoms with Crippen LogP contribution in [0.3, 0.4) is 0 Å². The summed E-state index contributed by atoms with van der Waals surface area (Å²) in [6, 6.07) is 0.832. The molecule has 1 rings (SSSR count). The summed E-state index contributed by atoms with van der Waals surface area (Å²) in [6.07, 6.45) is 18.5. The van der Waals surface area contributed by atoms with E-state index in [9.17, 15) is 0 Å². The molecule has 0 radical (unpaired) electrons. The first kappa shape index (κ1) is 19.0. The Morgan fingerprint density at radius 2 is 1.43 bits per heavy atom. The zero-order valence-corrected chi connectivity index (χ0v) is 14.8. The van der Waals surface area contributed by atoms with Crippen molar-refractivity contribution in [1.82, 2.24) is 10.2 Å². The fraction of sp³-hybridized carbons (Fsp3) is 1.00. The molecule has 126 valence electrons. The molecule has 2 nitrogen and oxygen atoms in total. The van der Waals surface area contributed by atoms with Gasteiger partial charge in [-0.2, -0.15) is 0 Å². The monoisotopic (exact) mass is 296 g/mol. The molecule has 0 aromatic carbocycles. The van der Waals surface area contributed by atoms with Crippen molar-refractivity contribution >= 4 is 0 Å². The van der Waals surface area contributed by atoms with Crippen LogP contribution < -0.4 is 5.32 Å². The van der Waals surface area contributed by atoms with Crippen molar-refractivity contribution < 1.29 is 0 Å². The lowest BCUT2D eigenvalue weighted by atomic mass is 10.1. The Kier molecular flexibility index (Phi) is 12.3. The molecule has 0 aliphatic carbocycles. The average Bonchev–Trinajstić information content (AvgIpc) is 2.78. The molecule has 21 heavy (non-hydrogen) atoms. The number of rotatable bonds is 12. The minimum Gasteiger partial charge on any atom is -0.317 e. The largest absolute Gasteiger partial charge is 0.317 e. The van der Waals surface area contributed by atoms with Gasteiger partial charge in [-0.25, -0.2) is 0 Å². The van der Waals surface area contributed by atoms with Crippen molar-refractivity contribution in [1.29, 1.82) is 0 Å². The van der Waals surface area contributed by atoms with Gasteiger partial charge in [-0.3, -0.25) is 0 Å². The molecule has 1 fully saturated rings. The third-order valence-corrected chi connectivity index (χ3v) is 5.03. The summed E-state index contributed by atoms with van der Waals surface area (Å²) in [4.78, 5) is 2.62. The minimum absolute atomic E-state index is 0.832. The second-order valence-electron chi connectivity index (χ2n) is 7.00. The summed E-state index contributed by atoms with van der Waals surface area (Å²) in [7, 11) is 2.34. The predicted octanol–water partition coefficient (Wildman–Crippen LogP) is 4.98. The number of nitrogens with zero attached hydrogens (tertiary/aromatic N) is 1. The first-order chi connectivity index (χ1) is 10.3. The Labute approximate surface area is 134 Å². The van der Waals surface area contributed by atoms with Crippen LogP contribution in [-0.2, 0) is 0 Å². The van der Waals surface area contributed by atoms with E-state index in [-0.39, 0.29) is 0 Å². The van der Waals surface area contributed by atoms with E-state index in [0.717, 1.165) is 6.04 Å². The zero-order valence-electron chi connectivity index (χ0n) is 14.8. The first-order valence-electron chi connectivity index (χ1n) is 9.75. The molecule has 1 aliphatic heterocycles. The number of unbranched alkanes of at least 4 members (excludes halogenated alkanes) is 9. The van der Waals surface area contributed by atoms with Gasteiger partial charge in [0.1, 0.15) is 0 Å². The van der Waals surface area contributed by atoms with E-state index in [0.29, 0.717) is 0 Å². The van der Waals surface area contributed by atoms with Crippen molar-refractivity contribution in [2.24, 2.45) is 0 Å². The summed E-state index contributed by atoms with van der Waals surface area (Å²) in [6.45, 7) is 6.04. The molecular formula is C19H40N2. The Hall–Kier alpha value is -0.0800. The molecule has 1 aliphatic rings. The van der Waals surface area contributed by atoms with Crippen LogP contribution in [0.5, 0.6) is 0 Å². The zero-order chi connectivity index (χ0) is 15.2. The van der Waals surface area contributed by atoms with Gasteiger partial charge in [0.25, 0.3) is 0 Å². The van der Waals surface area contributed by atoms with E-state index in [1.165, 1.54) is 103 Å². The van der Waals surface area contributed by atoms with Crippen LogP contribution in [-0.4, -0.2) is 37.6 Å². The Morgan fingerprint density at radius 1 is 0.810 bits per heavy atom. The summed E-state index contributed by atoms with van der Waals surface area (Å²) in [5.74, 6) is 0. The van der Waals surface area contributed by atoms with E-state index >= 15 is 0 Å². The van der Waals surface area contributed by atoms with Gasteiger partial charge in [0.2, 0.25) is 0 Å². The van der Waals surface area contributed by atoms with Gasteiger partial charge in [0.15, 0.2) is 0 Å². The third-order valence-electron chi connectivity index (χ3n) is 5.03. The Balaban J connectivity index is 1.86. The quantitative estimate of drug-likeness (QED) is 0.511. The summed E-state index contributed by atoms with van der Waals surface area (Å²) in [5, 5.41) is 3.51. The number of nitrogens with one attached hydrogen (secondary N) is 1. The normalized spacial score (nSPS) is 19.9. The lowest BCUT2D eigenvalue weighted by Crippen LogP contribution is -2.33. The molecule has 0 aromatic heterocycles. The lowest BCUT2D eigenvalue weighted by molar-refractivity contribution is 0.220. The smallest absolute Gasteiger partial charge is 0.0105 e. The van der Waals surface area contributed by atoms with Crippen LogP contribution in [0.1, 0.15) is 90.4 Å². The molecule has 1 saturated heterocycles. The van der Waals surface area contributed by atoms with Gasteiger partial charge in [0.05, 0.1) is 0 Å². The van der Waals surface area contributed by atoms with Crippen molar-refractivity contribution in [2.75, 3.05) is 26.7 Å². The van der Waals surface area contributed by atoms with Gasteiger partial charge in [0, 0.05) is 6.04 Å². The maximum atomic E-state index is 3.51. The summed E-state index contributed by atoms with van der Waals surface area (Å²) in [5.41, 5.74) is 0. The standard InChI is InChI=1S/C19H40N2/c1-3-4-5-6-7-8-9-10-11-12-18-21(2)19-14-13-16-20-17-15-19/h19-20H,3-18H2,1-2H3. The van der Waals surface area contributed by atoms with Crippen molar-refractivity contribution in [2.45, 2.75) is 96.4 Å². The molecule has 1 unspecified atom stereocenters. The van der Waals surface area contributed by atoms with Gasteiger partial charge in [-0.05, 0) is 52.4 Å². The molecule has 0 bridgehead atoms. The van der Waals surface area contributed by atoms with Crippen molar-refractivity contribution in [3.8, 4) is 0 Å². The fourth-order valence-corrected chi connectivity index (χ4v) is 3.47. The molecule has 0 saturated carbocycles. The minimum atomic E-state index is 0.832. The van der Waals surface area contributed by atoms with E-state index in [1.807, 2.05) is 0 Å². The van der Waals surface area contributed by atoms with Gasteiger partial charge in [-0.1, -0.05) is 64.7 Å². The van der Waals surface area contributed by atoms with Crippen LogP contribution in [0, 0.1) is 0 Å². The van der Waals surface area contributed by atoms with Gasteiger partial charge in [-0.15, -0.1) is 0 Å². The van der Waals surface area contributed by atoms with Crippen LogP contribution >= 0.6 is 0 Å². The number of hydrogen-bond acceptors (Lipinski definition) is 2. The SMILES string of the molecule is CCCCCCCCCCCCN(C)C1CCCNCC1. The highest BCUT2D eigenvalue weighted by Crippen LogP contribution is 2.14. The maximum absolute atomic E-state index is 3.51. The molecule has 1 atom stereocenters. The van der Waals surface area contributed by atoms with Crippen molar-refractivity contribution in [3.63, 3.8) is 0 Å². The highest BCUT2D eigenvalue weighted by molar-refractivity contribution is 4.73. The average molecular weight is 297 g/mol. The van der Waals surface area contributed by atoms with E-state index in [4.69, 9.17) is 0 Å². The van der Waals surface area contributed by atoms with E-state index in [2.05, 4.69) is 24.2 Å². The van der Waals surface area contributed by atoms with Crippen LogP contribution in [0.15, 0.2) is 0 Å². The Morgan fingerprint density at radius 3 is 2.10 bits per heavy atom.